The SMILES string of the molecule is O=C(Cc1ccc(-n2cnnn2)cc1)NC1CCCCN(C(=O)C2CCC2)C1. The summed E-state index contributed by atoms with van der Waals surface area (Å²) < 4.78 is 1.57. The third-order valence-corrected chi connectivity index (χ3v) is 5.72. The molecule has 0 spiro atoms. The fraction of sp³-hybridized carbons (Fsp3) is 0.550. The molecule has 2 amide bonds. The molecule has 8 nitrogen and oxygen atoms in total. The van der Waals surface area contributed by atoms with Crippen molar-refractivity contribution in [2.75, 3.05) is 13.1 Å². The van der Waals surface area contributed by atoms with Crippen LogP contribution < -0.4 is 5.32 Å². The Balaban J connectivity index is 1.31. The topological polar surface area (TPSA) is 93.0 Å². The number of likely N-dealkylation sites (tertiary alicyclic amines) is 1. The number of nitrogens with one attached hydrogen (secondary N) is 1. The third kappa shape index (κ3) is 4.37. The average molecular weight is 382 g/mol. The first-order valence-electron chi connectivity index (χ1n) is 10.1. The molecule has 1 saturated carbocycles. The predicted octanol–water partition coefficient (Wildman–Crippen LogP) is 1.50. The Morgan fingerprint density at radius 2 is 1.89 bits per heavy atom. The van der Waals surface area contributed by atoms with Gasteiger partial charge in [0.2, 0.25) is 11.8 Å². The smallest absolute Gasteiger partial charge is 0.225 e. The highest BCUT2D eigenvalue weighted by Crippen LogP contribution is 2.29. The lowest BCUT2D eigenvalue weighted by Gasteiger charge is -2.32. The zero-order valence-corrected chi connectivity index (χ0v) is 16.0. The van der Waals surface area contributed by atoms with E-state index < -0.39 is 0 Å². The van der Waals surface area contributed by atoms with Gasteiger partial charge in [-0.25, -0.2) is 4.68 Å². The minimum absolute atomic E-state index is 0.00174. The van der Waals surface area contributed by atoms with Crippen LogP contribution in [0.15, 0.2) is 30.6 Å². The Morgan fingerprint density at radius 1 is 1.07 bits per heavy atom. The normalized spacial score (nSPS) is 20.3. The molecule has 0 radical (unpaired) electrons. The van der Waals surface area contributed by atoms with Crippen molar-refractivity contribution in [3.05, 3.63) is 36.2 Å². The molecule has 2 aliphatic rings. The highest BCUT2D eigenvalue weighted by Gasteiger charge is 2.31. The molecule has 0 bridgehead atoms. The Bertz CT molecular complexity index is 801. The van der Waals surface area contributed by atoms with Crippen LogP contribution in [0.3, 0.4) is 0 Å². The van der Waals surface area contributed by atoms with Crippen LogP contribution in [0.1, 0.15) is 44.1 Å². The number of benzene rings is 1. The van der Waals surface area contributed by atoms with Gasteiger partial charge >= 0.3 is 0 Å². The van der Waals surface area contributed by atoms with Gasteiger partial charge in [-0.05, 0) is 60.2 Å². The van der Waals surface area contributed by atoms with Gasteiger partial charge in [-0.3, -0.25) is 9.59 Å². The molecule has 8 heteroatoms. The Kier molecular flexibility index (Phi) is 5.64. The molecule has 148 valence electrons. The summed E-state index contributed by atoms with van der Waals surface area (Å²) in [7, 11) is 0. The van der Waals surface area contributed by atoms with Crippen LogP contribution in [-0.4, -0.2) is 56.1 Å². The molecule has 1 N–H and O–H groups in total. The number of tetrazole rings is 1. The van der Waals surface area contributed by atoms with E-state index in [4.69, 9.17) is 0 Å². The van der Waals surface area contributed by atoms with E-state index in [0.29, 0.717) is 13.0 Å². The number of carbonyl (C=O) groups excluding carboxylic acids is 2. The van der Waals surface area contributed by atoms with Crippen LogP contribution in [0.5, 0.6) is 0 Å². The molecule has 1 aliphatic heterocycles. The van der Waals surface area contributed by atoms with E-state index >= 15 is 0 Å². The van der Waals surface area contributed by atoms with Gasteiger partial charge in [0.25, 0.3) is 0 Å². The van der Waals surface area contributed by atoms with Crippen molar-refractivity contribution >= 4 is 11.8 Å². The van der Waals surface area contributed by atoms with E-state index in [-0.39, 0.29) is 23.8 Å². The lowest BCUT2D eigenvalue weighted by atomic mass is 9.84. The summed E-state index contributed by atoms with van der Waals surface area (Å²) in [4.78, 5) is 27.1. The number of aromatic nitrogens is 4. The molecule has 1 saturated heterocycles. The van der Waals surface area contributed by atoms with Crippen LogP contribution in [0.2, 0.25) is 0 Å². The summed E-state index contributed by atoms with van der Waals surface area (Å²) >= 11 is 0. The second-order valence-corrected chi connectivity index (χ2v) is 7.77. The Hall–Kier alpha value is -2.77. The van der Waals surface area contributed by atoms with E-state index in [1.54, 1.807) is 4.68 Å². The molecule has 1 atom stereocenters. The first-order valence-corrected chi connectivity index (χ1v) is 10.1. The van der Waals surface area contributed by atoms with Crippen molar-refractivity contribution in [3.8, 4) is 5.69 Å². The van der Waals surface area contributed by atoms with Crippen LogP contribution in [0, 0.1) is 5.92 Å². The summed E-state index contributed by atoms with van der Waals surface area (Å²) in [5, 5.41) is 14.2. The maximum absolute atomic E-state index is 12.6. The second-order valence-electron chi connectivity index (χ2n) is 7.77. The van der Waals surface area contributed by atoms with Gasteiger partial charge < -0.3 is 10.2 Å². The minimum Gasteiger partial charge on any atom is -0.351 e. The quantitative estimate of drug-likeness (QED) is 0.846. The van der Waals surface area contributed by atoms with Crippen molar-refractivity contribution in [1.82, 2.24) is 30.4 Å². The average Bonchev–Trinajstić information content (AvgIpc) is 3.08. The van der Waals surface area contributed by atoms with E-state index in [9.17, 15) is 9.59 Å². The third-order valence-electron chi connectivity index (χ3n) is 5.72. The van der Waals surface area contributed by atoms with Crippen molar-refractivity contribution in [2.24, 2.45) is 5.92 Å². The molecular formula is C20H26N6O2. The van der Waals surface area contributed by atoms with Gasteiger partial charge in [0.05, 0.1) is 12.1 Å². The molecule has 2 heterocycles. The number of carbonyl (C=O) groups is 2. The van der Waals surface area contributed by atoms with Crippen LogP contribution in [0.4, 0.5) is 0 Å². The van der Waals surface area contributed by atoms with Crippen LogP contribution in [0.25, 0.3) is 5.69 Å². The highest BCUT2D eigenvalue weighted by atomic mass is 16.2. The zero-order chi connectivity index (χ0) is 19.3. The number of hydrogen-bond donors (Lipinski definition) is 1. The Morgan fingerprint density at radius 3 is 2.57 bits per heavy atom. The monoisotopic (exact) mass is 382 g/mol. The van der Waals surface area contributed by atoms with Crippen molar-refractivity contribution in [2.45, 2.75) is 51.0 Å². The largest absolute Gasteiger partial charge is 0.351 e. The number of rotatable bonds is 5. The fourth-order valence-corrected chi connectivity index (χ4v) is 3.88. The minimum atomic E-state index is -0.00174. The maximum atomic E-state index is 12.6. The number of nitrogens with zero attached hydrogens (tertiary/aromatic N) is 5. The summed E-state index contributed by atoms with van der Waals surface area (Å²) in [6, 6.07) is 7.65. The van der Waals surface area contributed by atoms with E-state index in [1.165, 1.54) is 6.33 Å². The van der Waals surface area contributed by atoms with Gasteiger partial charge in [0.15, 0.2) is 0 Å². The van der Waals surface area contributed by atoms with Gasteiger partial charge in [-0.1, -0.05) is 18.6 Å². The molecule has 1 unspecified atom stereocenters. The van der Waals surface area contributed by atoms with Gasteiger partial charge in [0, 0.05) is 25.0 Å². The van der Waals surface area contributed by atoms with Gasteiger partial charge in [0.1, 0.15) is 6.33 Å². The van der Waals surface area contributed by atoms with Crippen molar-refractivity contribution in [1.29, 1.82) is 0 Å². The fourth-order valence-electron chi connectivity index (χ4n) is 3.88. The lowest BCUT2D eigenvalue weighted by molar-refractivity contribution is -0.138. The first kappa shape index (κ1) is 18.6. The summed E-state index contributed by atoms with van der Waals surface area (Å²) in [5.41, 5.74) is 1.79. The lowest BCUT2D eigenvalue weighted by Crippen LogP contribution is -2.47. The van der Waals surface area contributed by atoms with Crippen molar-refractivity contribution < 1.29 is 9.59 Å². The predicted molar refractivity (Wildman–Crippen MR) is 103 cm³/mol. The van der Waals surface area contributed by atoms with Crippen LogP contribution in [-0.2, 0) is 16.0 Å². The molecule has 28 heavy (non-hydrogen) atoms. The Labute approximate surface area is 164 Å². The van der Waals surface area contributed by atoms with E-state index in [1.807, 2.05) is 29.2 Å². The molecular weight excluding hydrogens is 356 g/mol. The zero-order valence-electron chi connectivity index (χ0n) is 16.0. The molecule has 1 aromatic carbocycles. The summed E-state index contributed by atoms with van der Waals surface area (Å²) in [6.07, 6.45) is 8.05. The first-order chi connectivity index (χ1) is 13.7. The van der Waals surface area contributed by atoms with Crippen LogP contribution >= 0.6 is 0 Å². The highest BCUT2D eigenvalue weighted by molar-refractivity contribution is 5.80. The van der Waals surface area contributed by atoms with E-state index in [0.717, 1.165) is 56.3 Å². The summed E-state index contributed by atoms with van der Waals surface area (Å²) in [6.45, 7) is 1.46. The van der Waals surface area contributed by atoms with Crippen molar-refractivity contribution in [3.63, 3.8) is 0 Å². The van der Waals surface area contributed by atoms with E-state index in [2.05, 4.69) is 20.8 Å². The van der Waals surface area contributed by atoms with Gasteiger partial charge in [-0.2, -0.15) is 0 Å². The molecule has 4 rings (SSSR count). The van der Waals surface area contributed by atoms with Gasteiger partial charge in [-0.15, -0.1) is 5.10 Å². The number of hydrogen-bond acceptors (Lipinski definition) is 5. The standard InChI is InChI=1S/C20H26N6O2/c27-19(12-15-7-9-18(10-8-15)26-14-21-23-24-26)22-17-6-1-2-11-25(13-17)20(28)16-4-3-5-16/h7-10,14,16-17H,1-6,11-13H2,(H,22,27). The number of amides is 2. The maximum Gasteiger partial charge on any atom is 0.225 e. The molecule has 2 fully saturated rings. The molecule has 1 aromatic heterocycles. The summed E-state index contributed by atoms with van der Waals surface area (Å²) in [5.74, 6) is 0.497. The second kappa shape index (κ2) is 8.50. The molecule has 2 aromatic rings. The molecule has 1 aliphatic carbocycles.